The van der Waals surface area contributed by atoms with Crippen LogP contribution < -0.4 is 0 Å². The van der Waals surface area contributed by atoms with Crippen LogP contribution in [0, 0.1) is 5.92 Å². The molecule has 1 aromatic rings. The molecule has 0 spiro atoms. The SMILES string of the molecule is CC(C)C1=[N+](C(C)C)[C@]2(C)C(C)(C)c3ccccc3[C@]2(C)O1. The number of hydrogen-bond acceptors (Lipinski definition) is 1. The Balaban J connectivity index is 2.35. The summed E-state index contributed by atoms with van der Waals surface area (Å²) in [7, 11) is 0. The van der Waals surface area contributed by atoms with E-state index in [2.05, 4.69) is 84.2 Å². The summed E-state index contributed by atoms with van der Waals surface area (Å²) in [5.74, 6) is 1.53. The summed E-state index contributed by atoms with van der Waals surface area (Å²) < 4.78 is 9.27. The van der Waals surface area contributed by atoms with Crippen molar-refractivity contribution in [3.63, 3.8) is 0 Å². The molecule has 1 aromatic carbocycles. The first-order valence-corrected chi connectivity index (χ1v) is 8.54. The van der Waals surface area contributed by atoms with Crippen LogP contribution in [0.5, 0.6) is 0 Å². The normalized spacial score (nSPS) is 32.5. The molecule has 3 rings (SSSR count). The maximum absolute atomic E-state index is 6.72. The fourth-order valence-corrected chi connectivity index (χ4v) is 4.90. The van der Waals surface area contributed by atoms with E-state index in [0.717, 1.165) is 5.90 Å². The van der Waals surface area contributed by atoms with Gasteiger partial charge in [-0.15, -0.1) is 0 Å². The molecule has 0 bridgehead atoms. The van der Waals surface area contributed by atoms with Gasteiger partial charge in [0.05, 0.1) is 11.3 Å². The van der Waals surface area contributed by atoms with Gasteiger partial charge in [-0.3, -0.25) is 0 Å². The smallest absolute Gasteiger partial charge is 0.340 e. The Morgan fingerprint density at radius 3 is 1.95 bits per heavy atom. The Kier molecular flexibility index (Phi) is 3.09. The summed E-state index contributed by atoms with van der Waals surface area (Å²) in [6, 6.07) is 9.24. The molecular weight excluding hydrogens is 270 g/mol. The van der Waals surface area contributed by atoms with Crippen LogP contribution in [0.4, 0.5) is 0 Å². The van der Waals surface area contributed by atoms with Crippen LogP contribution in [0.3, 0.4) is 0 Å². The minimum atomic E-state index is -0.295. The first-order valence-electron chi connectivity index (χ1n) is 8.54. The van der Waals surface area contributed by atoms with Gasteiger partial charge >= 0.3 is 5.90 Å². The van der Waals surface area contributed by atoms with Crippen LogP contribution in [0.15, 0.2) is 24.3 Å². The Morgan fingerprint density at radius 1 is 0.909 bits per heavy atom. The lowest BCUT2D eigenvalue weighted by molar-refractivity contribution is -0.642. The number of nitrogens with zero attached hydrogens (tertiary/aromatic N) is 1. The van der Waals surface area contributed by atoms with Gasteiger partial charge in [0.15, 0.2) is 6.04 Å². The van der Waals surface area contributed by atoms with Gasteiger partial charge in [0.25, 0.3) is 0 Å². The minimum absolute atomic E-state index is 0.0270. The molecule has 0 unspecified atom stereocenters. The first kappa shape index (κ1) is 15.6. The van der Waals surface area contributed by atoms with E-state index in [-0.39, 0.29) is 16.6 Å². The van der Waals surface area contributed by atoms with Crippen LogP contribution in [0.1, 0.15) is 66.5 Å². The van der Waals surface area contributed by atoms with Crippen molar-refractivity contribution >= 4 is 5.90 Å². The van der Waals surface area contributed by atoms with E-state index < -0.39 is 0 Å². The van der Waals surface area contributed by atoms with Crippen molar-refractivity contribution in [3.8, 4) is 0 Å². The predicted molar refractivity (Wildman–Crippen MR) is 91.6 cm³/mol. The molecule has 0 saturated heterocycles. The molecule has 0 radical (unpaired) electrons. The molecule has 120 valence electrons. The zero-order valence-corrected chi connectivity index (χ0v) is 15.3. The number of rotatable bonds is 2. The second kappa shape index (κ2) is 4.37. The summed E-state index contributed by atoms with van der Waals surface area (Å²) in [6.07, 6.45) is 0. The quantitative estimate of drug-likeness (QED) is 0.735. The highest BCUT2D eigenvalue weighted by molar-refractivity contribution is 5.77. The van der Waals surface area contributed by atoms with Gasteiger partial charge in [-0.2, -0.15) is 4.58 Å². The van der Waals surface area contributed by atoms with Crippen LogP contribution in [-0.4, -0.2) is 22.1 Å². The van der Waals surface area contributed by atoms with Gasteiger partial charge in [0, 0.05) is 12.5 Å². The van der Waals surface area contributed by atoms with Crippen molar-refractivity contribution in [1.82, 2.24) is 0 Å². The topological polar surface area (TPSA) is 12.2 Å². The lowest BCUT2D eigenvalue weighted by Gasteiger charge is -2.39. The number of ether oxygens (including phenoxy) is 1. The molecule has 2 atom stereocenters. The lowest BCUT2D eigenvalue weighted by Crippen LogP contribution is -2.59. The fourth-order valence-electron chi connectivity index (χ4n) is 4.90. The van der Waals surface area contributed by atoms with Crippen molar-refractivity contribution in [2.45, 2.75) is 78.0 Å². The van der Waals surface area contributed by atoms with Gasteiger partial charge in [-0.25, -0.2) is 0 Å². The first-order chi connectivity index (χ1) is 10.1. The van der Waals surface area contributed by atoms with E-state index in [1.165, 1.54) is 11.1 Å². The van der Waals surface area contributed by atoms with Crippen LogP contribution in [-0.2, 0) is 15.8 Å². The van der Waals surface area contributed by atoms with E-state index in [1.807, 2.05) is 0 Å². The van der Waals surface area contributed by atoms with E-state index in [4.69, 9.17) is 4.74 Å². The highest BCUT2D eigenvalue weighted by atomic mass is 16.5. The molecule has 22 heavy (non-hydrogen) atoms. The summed E-state index contributed by atoms with van der Waals surface area (Å²) in [5.41, 5.74) is 2.42. The van der Waals surface area contributed by atoms with Crippen molar-refractivity contribution in [2.75, 3.05) is 0 Å². The van der Waals surface area contributed by atoms with Crippen molar-refractivity contribution in [3.05, 3.63) is 35.4 Å². The standard InChI is InChI=1S/C20H30NO/c1-13(2)17-21(14(3)4)20(8)18(5,6)15-11-9-10-12-16(15)19(20,7)22-17/h9-14H,1-8H3/q+1/t19-,20+/m0/s1. The second-order valence-electron chi connectivity index (χ2n) is 8.33. The average Bonchev–Trinajstić information content (AvgIpc) is 2.76. The monoisotopic (exact) mass is 300 g/mol. The van der Waals surface area contributed by atoms with E-state index in [0.29, 0.717) is 12.0 Å². The molecule has 0 aromatic heterocycles. The zero-order chi connectivity index (χ0) is 16.5. The number of benzene rings is 1. The van der Waals surface area contributed by atoms with E-state index in [1.54, 1.807) is 0 Å². The summed E-state index contributed by atoms with van der Waals surface area (Å²) in [4.78, 5) is 0. The summed E-state index contributed by atoms with van der Waals surface area (Å²) in [5, 5.41) is 0. The van der Waals surface area contributed by atoms with Crippen molar-refractivity contribution in [1.29, 1.82) is 0 Å². The third-order valence-electron chi connectivity index (χ3n) is 6.30. The molecule has 0 amide bonds. The molecule has 0 N–H and O–H groups in total. The molecule has 0 saturated carbocycles. The number of hydrogen-bond donors (Lipinski definition) is 0. The molecule has 2 nitrogen and oxygen atoms in total. The summed E-state index contributed by atoms with van der Waals surface area (Å²) >= 11 is 0. The van der Waals surface area contributed by atoms with Gasteiger partial charge in [0.1, 0.15) is 0 Å². The summed E-state index contributed by atoms with van der Waals surface area (Å²) in [6.45, 7) is 18.4. The van der Waals surface area contributed by atoms with E-state index in [9.17, 15) is 0 Å². The molecule has 1 aliphatic heterocycles. The largest absolute Gasteiger partial charge is 0.429 e. The predicted octanol–water partition coefficient (Wildman–Crippen LogP) is 4.46. The highest BCUT2D eigenvalue weighted by Crippen LogP contribution is 2.61. The minimum Gasteiger partial charge on any atom is -0.429 e. The van der Waals surface area contributed by atoms with Gasteiger partial charge in [-0.05, 0) is 54.0 Å². The Hall–Kier alpha value is -1.31. The number of fused-ring (bicyclic) bond motifs is 3. The Bertz CT molecular complexity index is 655. The molecule has 0 fully saturated rings. The van der Waals surface area contributed by atoms with E-state index >= 15 is 0 Å². The van der Waals surface area contributed by atoms with Gasteiger partial charge in [-0.1, -0.05) is 24.3 Å². The van der Waals surface area contributed by atoms with Gasteiger partial charge in [0.2, 0.25) is 11.1 Å². The fraction of sp³-hybridized carbons (Fsp3) is 0.650. The maximum atomic E-state index is 6.72. The molecule has 2 heteroatoms. The molecular formula is C20H30NO+. The second-order valence-corrected chi connectivity index (χ2v) is 8.33. The Morgan fingerprint density at radius 2 is 1.45 bits per heavy atom. The van der Waals surface area contributed by atoms with Crippen LogP contribution in [0.25, 0.3) is 0 Å². The Labute approximate surface area is 135 Å². The highest BCUT2D eigenvalue weighted by Gasteiger charge is 2.75. The third kappa shape index (κ3) is 1.49. The molecule has 2 aliphatic rings. The molecule has 1 aliphatic carbocycles. The van der Waals surface area contributed by atoms with Crippen molar-refractivity contribution in [2.24, 2.45) is 5.92 Å². The zero-order valence-electron chi connectivity index (χ0n) is 15.3. The maximum Gasteiger partial charge on any atom is 0.340 e. The van der Waals surface area contributed by atoms with Crippen molar-refractivity contribution < 1.29 is 9.31 Å². The third-order valence-corrected chi connectivity index (χ3v) is 6.30. The van der Waals surface area contributed by atoms with Crippen LogP contribution in [0.2, 0.25) is 0 Å². The lowest BCUT2D eigenvalue weighted by atomic mass is 9.68. The van der Waals surface area contributed by atoms with Gasteiger partial charge < -0.3 is 4.74 Å². The molecule has 1 heterocycles. The van der Waals surface area contributed by atoms with Crippen LogP contribution >= 0.6 is 0 Å². The average molecular weight is 300 g/mol.